The summed E-state index contributed by atoms with van der Waals surface area (Å²) in [7, 11) is 0. The molecule has 4 nitrogen and oxygen atoms in total. The fraction of sp³-hybridized carbons (Fsp3) is 0.286. The van der Waals surface area contributed by atoms with Crippen molar-refractivity contribution < 1.29 is 10.2 Å². The fourth-order valence-electron chi connectivity index (χ4n) is 1.27. The van der Waals surface area contributed by atoms with Crippen molar-refractivity contribution in [3.05, 3.63) is 46.7 Å². The summed E-state index contributed by atoms with van der Waals surface area (Å²) in [6, 6.07) is 7.54. The Morgan fingerprint density at radius 3 is 2.32 bits per heavy atom. The van der Waals surface area contributed by atoms with Gasteiger partial charge in [0.05, 0.1) is 11.1 Å². The average Bonchev–Trinajstić information content (AvgIpc) is 2.39. The third kappa shape index (κ3) is 5.92. The van der Waals surface area contributed by atoms with E-state index in [0.29, 0.717) is 5.82 Å². The molecule has 2 rings (SSSR count). The highest BCUT2D eigenvalue weighted by Crippen LogP contribution is 2.17. The molecule has 0 saturated carbocycles. The maximum absolute atomic E-state index is 9.00. The molecule has 0 saturated heterocycles. The van der Waals surface area contributed by atoms with Crippen molar-refractivity contribution in [2.45, 2.75) is 26.6 Å². The van der Waals surface area contributed by atoms with Crippen LogP contribution in [0.1, 0.15) is 19.4 Å². The summed E-state index contributed by atoms with van der Waals surface area (Å²) in [5.74, 6) is 0.661. The van der Waals surface area contributed by atoms with Crippen LogP contribution in [0, 0.1) is 0 Å². The summed E-state index contributed by atoms with van der Waals surface area (Å²) < 4.78 is 0.851. The van der Waals surface area contributed by atoms with Crippen molar-refractivity contribution >= 4 is 15.9 Å². The number of nitrogens with zero attached hydrogens (tertiary/aromatic N) is 2. The van der Waals surface area contributed by atoms with Crippen LogP contribution in [-0.2, 0) is 6.61 Å². The molecular formula is C14H17BrN2O2. The van der Waals surface area contributed by atoms with Gasteiger partial charge in [-0.2, -0.15) is 0 Å². The van der Waals surface area contributed by atoms with E-state index >= 15 is 0 Å². The van der Waals surface area contributed by atoms with Gasteiger partial charge in [0.25, 0.3) is 0 Å². The minimum atomic E-state index is -0.167. The normalized spacial score (nSPS) is 10.0. The second-order valence-corrected chi connectivity index (χ2v) is 5.09. The molecule has 0 amide bonds. The van der Waals surface area contributed by atoms with Gasteiger partial charge in [-0.05, 0) is 41.4 Å². The van der Waals surface area contributed by atoms with E-state index in [1.807, 2.05) is 24.3 Å². The van der Waals surface area contributed by atoms with E-state index in [9.17, 15) is 0 Å². The van der Waals surface area contributed by atoms with E-state index < -0.39 is 0 Å². The molecule has 1 aromatic carbocycles. The molecule has 19 heavy (non-hydrogen) atoms. The zero-order chi connectivity index (χ0) is 14.3. The first kappa shape index (κ1) is 15.8. The summed E-state index contributed by atoms with van der Waals surface area (Å²) >= 11 is 3.28. The monoisotopic (exact) mass is 324 g/mol. The van der Waals surface area contributed by atoms with Gasteiger partial charge in [-0.25, -0.2) is 9.97 Å². The first-order chi connectivity index (χ1) is 9.02. The Bertz CT molecular complexity index is 498. The predicted molar refractivity (Wildman–Crippen MR) is 78.4 cm³/mol. The molecule has 0 radical (unpaired) electrons. The molecular weight excluding hydrogens is 308 g/mol. The summed E-state index contributed by atoms with van der Waals surface area (Å²) in [4.78, 5) is 8.37. The van der Waals surface area contributed by atoms with E-state index in [4.69, 9.17) is 10.2 Å². The Hall–Kier alpha value is -1.30. The van der Waals surface area contributed by atoms with Crippen LogP contribution in [0.25, 0.3) is 11.4 Å². The molecule has 0 unspecified atom stereocenters. The summed E-state index contributed by atoms with van der Waals surface area (Å²) in [5, 5.41) is 17.1. The van der Waals surface area contributed by atoms with Gasteiger partial charge in [-0.3, -0.25) is 0 Å². The fourth-order valence-corrected chi connectivity index (χ4v) is 1.47. The second kappa shape index (κ2) is 7.99. The lowest BCUT2D eigenvalue weighted by molar-refractivity contribution is 0.216. The van der Waals surface area contributed by atoms with Gasteiger partial charge in [-0.1, -0.05) is 18.2 Å². The van der Waals surface area contributed by atoms with Crippen LogP contribution in [0.2, 0.25) is 0 Å². The number of hydrogen-bond donors (Lipinski definition) is 2. The Kier molecular flexibility index (Phi) is 6.62. The summed E-state index contributed by atoms with van der Waals surface area (Å²) in [6.45, 7) is 3.48. The molecule has 0 aliphatic rings. The highest BCUT2D eigenvalue weighted by atomic mass is 79.9. The molecule has 1 heterocycles. The van der Waals surface area contributed by atoms with Crippen LogP contribution in [0.15, 0.2) is 41.1 Å². The third-order valence-electron chi connectivity index (χ3n) is 1.99. The molecule has 0 aliphatic carbocycles. The molecule has 0 atom stereocenters. The molecule has 0 bridgehead atoms. The maximum Gasteiger partial charge on any atom is 0.159 e. The number of aliphatic hydroxyl groups is 2. The molecule has 0 spiro atoms. The summed E-state index contributed by atoms with van der Waals surface area (Å²) in [5.41, 5.74) is 1.77. The lowest BCUT2D eigenvalue weighted by Crippen LogP contribution is -1.89. The number of halogens is 1. The molecule has 102 valence electrons. The third-order valence-corrected chi connectivity index (χ3v) is 2.40. The maximum atomic E-state index is 9.00. The van der Waals surface area contributed by atoms with Crippen LogP contribution >= 0.6 is 15.9 Å². The molecule has 0 fully saturated rings. The van der Waals surface area contributed by atoms with Crippen LogP contribution < -0.4 is 0 Å². The van der Waals surface area contributed by atoms with Crippen molar-refractivity contribution in [2.24, 2.45) is 0 Å². The quantitative estimate of drug-likeness (QED) is 0.891. The van der Waals surface area contributed by atoms with Gasteiger partial charge in [0, 0.05) is 24.1 Å². The van der Waals surface area contributed by atoms with Crippen molar-refractivity contribution in [2.75, 3.05) is 0 Å². The van der Waals surface area contributed by atoms with Crippen molar-refractivity contribution in [1.29, 1.82) is 0 Å². The van der Waals surface area contributed by atoms with Crippen molar-refractivity contribution in [3.63, 3.8) is 0 Å². The first-order valence-corrected chi connectivity index (χ1v) is 6.68. The van der Waals surface area contributed by atoms with Gasteiger partial charge in [-0.15, -0.1) is 0 Å². The van der Waals surface area contributed by atoms with Crippen LogP contribution in [0.5, 0.6) is 0 Å². The Balaban J connectivity index is 0.000000399. The Labute approximate surface area is 121 Å². The van der Waals surface area contributed by atoms with E-state index in [-0.39, 0.29) is 12.7 Å². The first-order valence-electron chi connectivity index (χ1n) is 5.88. The molecule has 1 aromatic heterocycles. The topological polar surface area (TPSA) is 66.2 Å². The smallest absolute Gasteiger partial charge is 0.159 e. The standard InChI is InChI=1S/C11H9BrN2O.C3H8O/c12-10-5-13-11(14-6-10)9-3-1-2-8(4-9)7-15;1-3(2)4/h1-6,15H,7H2;3-4H,1-2H3. The van der Waals surface area contributed by atoms with Crippen LogP contribution in [-0.4, -0.2) is 26.3 Å². The van der Waals surface area contributed by atoms with Crippen molar-refractivity contribution in [3.8, 4) is 11.4 Å². The highest BCUT2D eigenvalue weighted by Gasteiger charge is 2.01. The second-order valence-electron chi connectivity index (χ2n) is 4.18. The van der Waals surface area contributed by atoms with Gasteiger partial charge in [0.15, 0.2) is 5.82 Å². The minimum Gasteiger partial charge on any atom is -0.394 e. The average molecular weight is 325 g/mol. The molecule has 2 aromatic rings. The highest BCUT2D eigenvalue weighted by molar-refractivity contribution is 9.10. The van der Waals surface area contributed by atoms with E-state index in [2.05, 4.69) is 25.9 Å². The number of aromatic nitrogens is 2. The number of rotatable bonds is 2. The van der Waals surface area contributed by atoms with Crippen molar-refractivity contribution in [1.82, 2.24) is 9.97 Å². The van der Waals surface area contributed by atoms with Gasteiger partial charge in [0.1, 0.15) is 0 Å². The van der Waals surface area contributed by atoms with E-state index in [0.717, 1.165) is 15.6 Å². The van der Waals surface area contributed by atoms with Gasteiger partial charge in [0.2, 0.25) is 0 Å². The lowest BCUT2D eigenvalue weighted by Gasteiger charge is -2.01. The molecule has 5 heteroatoms. The number of aliphatic hydroxyl groups excluding tert-OH is 2. The number of hydrogen-bond acceptors (Lipinski definition) is 4. The van der Waals surface area contributed by atoms with E-state index in [1.165, 1.54) is 0 Å². The van der Waals surface area contributed by atoms with Gasteiger partial charge >= 0.3 is 0 Å². The van der Waals surface area contributed by atoms with Crippen LogP contribution in [0.4, 0.5) is 0 Å². The largest absolute Gasteiger partial charge is 0.394 e. The number of benzene rings is 1. The lowest BCUT2D eigenvalue weighted by atomic mass is 10.1. The Morgan fingerprint density at radius 2 is 1.79 bits per heavy atom. The summed E-state index contributed by atoms with van der Waals surface area (Å²) in [6.07, 6.45) is 3.24. The Morgan fingerprint density at radius 1 is 1.21 bits per heavy atom. The minimum absolute atomic E-state index is 0.0321. The predicted octanol–water partition coefficient (Wildman–Crippen LogP) is 2.79. The van der Waals surface area contributed by atoms with E-state index in [1.54, 1.807) is 26.2 Å². The van der Waals surface area contributed by atoms with Crippen LogP contribution in [0.3, 0.4) is 0 Å². The SMILES string of the molecule is CC(C)O.OCc1cccc(-c2ncc(Br)cn2)c1. The van der Waals surface area contributed by atoms with Gasteiger partial charge < -0.3 is 10.2 Å². The molecule has 0 aliphatic heterocycles. The molecule has 2 N–H and O–H groups in total. The zero-order valence-corrected chi connectivity index (χ0v) is 12.5. The zero-order valence-electron chi connectivity index (χ0n) is 10.9.